The first-order valence-corrected chi connectivity index (χ1v) is 7.86. The van der Waals surface area contributed by atoms with Gasteiger partial charge < -0.3 is 5.32 Å². The van der Waals surface area contributed by atoms with Crippen LogP contribution >= 0.6 is 0 Å². The fourth-order valence-electron chi connectivity index (χ4n) is 3.39. The molecule has 1 N–H and O–H groups in total. The van der Waals surface area contributed by atoms with E-state index < -0.39 is 0 Å². The number of nitrogens with zero attached hydrogens (tertiary/aromatic N) is 4. The topological polar surface area (TPSA) is 55.6 Å². The van der Waals surface area contributed by atoms with Gasteiger partial charge in [-0.25, -0.2) is 0 Å². The summed E-state index contributed by atoms with van der Waals surface area (Å²) < 4.78 is 1.90. The van der Waals surface area contributed by atoms with Crippen LogP contribution < -0.4 is 5.32 Å². The predicted molar refractivity (Wildman–Crippen MR) is 82.3 cm³/mol. The second-order valence-corrected chi connectivity index (χ2v) is 5.93. The number of benzene rings is 1. The van der Waals surface area contributed by atoms with Crippen LogP contribution in [0.25, 0.3) is 5.69 Å². The van der Waals surface area contributed by atoms with Crippen molar-refractivity contribution < 1.29 is 0 Å². The van der Waals surface area contributed by atoms with Crippen LogP contribution in [0, 0.1) is 6.92 Å². The fourth-order valence-corrected chi connectivity index (χ4v) is 3.39. The minimum absolute atomic E-state index is 0.0831. The SMILES string of the molecule is CCNC1(c2nnnn2-c2cccc(C)c2)CCCCC1. The molecule has 1 saturated carbocycles. The molecule has 21 heavy (non-hydrogen) atoms. The molecule has 1 aromatic heterocycles. The van der Waals surface area contributed by atoms with Crippen molar-refractivity contribution >= 4 is 0 Å². The van der Waals surface area contributed by atoms with Crippen molar-refractivity contribution in [1.82, 2.24) is 25.5 Å². The summed E-state index contributed by atoms with van der Waals surface area (Å²) in [5.41, 5.74) is 2.17. The third kappa shape index (κ3) is 2.70. The summed E-state index contributed by atoms with van der Waals surface area (Å²) in [5, 5.41) is 16.2. The van der Waals surface area contributed by atoms with Crippen LogP contribution in [0.1, 0.15) is 50.4 Å². The minimum atomic E-state index is -0.0831. The number of tetrazole rings is 1. The Labute approximate surface area is 125 Å². The highest BCUT2D eigenvalue weighted by Gasteiger charge is 2.38. The summed E-state index contributed by atoms with van der Waals surface area (Å²) in [6, 6.07) is 8.34. The van der Waals surface area contributed by atoms with Crippen molar-refractivity contribution in [2.75, 3.05) is 6.54 Å². The van der Waals surface area contributed by atoms with Gasteiger partial charge in [-0.05, 0) is 54.4 Å². The summed E-state index contributed by atoms with van der Waals surface area (Å²) in [6.07, 6.45) is 5.97. The van der Waals surface area contributed by atoms with E-state index in [-0.39, 0.29) is 5.54 Å². The Morgan fingerprint density at radius 2 is 2.05 bits per heavy atom. The number of aromatic nitrogens is 4. The molecule has 5 heteroatoms. The summed E-state index contributed by atoms with van der Waals surface area (Å²) in [6.45, 7) is 5.17. The van der Waals surface area contributed by atoms with E-state index in [2.05, 4.69) is 59.0 Å². The first-order valence-electron chi connectivity index (χ1n) is 7.86. The van der Waals surface area contributed by atoms with Gasteiger partial charge in [-0.1, -0.05) is 38.3 Å². The first-order chi connectivity index (χ1) is 10.2. The maximum Gasteiger partial charge on any atom is 0.176 e. The van der Waals surface area contributed by atoms with E-state index in [1.54, 1.807) is 0 Å². The molecule has 3 rings (SSSR count). The van der Waals surface area contributed by atoms with E-state index in [0.717, 1.165) is 30.9 Å². The lowest BCUT2D eigenvalue weighted by molar-refractivity contribution is 0.220. The van der Waals surface area contributed by atoms with Crippen molar-refractivity contribution in [3.8, 4) is 5.69 Å². The summed E-state index contributed by atoms with van der Waals surface area (Å²) in [5.74, 6) is 0.953. The van der Waals surface area contributed by atoms with E-state index in [0.29, 0.717) is 0 Å². The molecule has 0 spiro atoms. The summed E-state index contributed by atoms with van der Waals surface area (Å²) in [4.78, 5) is 0. The van der Waals surface area contributed by atoms with Gasteiger partial charge >= 0.3 is 0 Å². The second-order valence-electron chi connectivity index (χ2n) is 5.93. The molecule has 0 aliphatic heterocycles. The average Bonchev–Trinajstić information content (AvgIpc) is 2.99. The number of nitrogens with one attached hydrogen (secondary N) is 1. The lowest BCUT2D eigenvalue weighted by atomic mass is 9.81. The summed E-state index contributed by atoms with van der Waals surface area (Å²) in [7, 11) is 0. The standard InChI is InChI=1S/C16H23N5/c1-3-17-16(10-5-4-6-11-16)15-18-19-20-21(15)14-9-7-8-13(2)12-14/h7-9,12,17H,3-6,10-11H2,1-2H3. The van der Waals surface area contributed by atoms with Gasteiger partial charge in [0.05, 0.1) is 11.2 Å². The van der Waals surface area contributed by atoms with Crippen LogP contribution in [0.2, 0.25) is 0 Å². The molecule has 0 bridgehead atoms. The lowest BCUT2D eigenvalue weighted by Crippen LogP contribution is -2.46. The van der Waals surface area contributed by atoms with Gasteiger partial charge in [0, 0.05) is 0 Å². The Kier molecular flexibility index (Phi) is 4.01. The van der Waals surface area contributed by atoms with Gasteiger partial charge in [0.1, 0.15) is 0 Å². The molecule has 1 aliphatic rings. The largest absolute Gasteiger partial charge is 0.305 e. The highest BCUT2D eigenvalue weighted by molar-refractivity contribution is 5.35. The Hall–Kier alpha value is -1.75. The van der Waals surface area contributed by atoms with Gasteiger partial charge in [-0.2, -0.15) is 4.68 Å². The van der Waals surface area contributed by atoms with Crippen molar-refractivity contribution in [2.24, 2.45) is 0 Å². The van der Waals surface area contributed by atoms with Gasteiger partial charge in [0.2, 0.25) is 0 Å². The van der Waals surface area contributed by atoms with E-state index in [1.807, 2.05) is 4.68 Å². The average molecular weight is 285 g/mol. The van der Waals surface area contributed by atoms with Crippen molar-refractivity contribution in [2.45, 2.75) is 51.5 Å². The number of hydrogen-bond donors (Lipinski definition) is 1. The molecule has 1 aliphatic carbocycles. The number of aryl methyl sites for hydroxylation is 1. The minimum Gasteiger partial charge on any atom is -0.305 e. The van der Waals surface area contributed by atoms with E-state index >= 15 is 0 Å². The van der Waals surface area contributed by atoms with Crippen LogP contribution in [-0.4, -0.2) is 26.8 Å². The molecule has 0 unspecified atom stereocenters. The zero-order chi connectivity index (χ0) is 14.7. The van der Waals surface area contributed by atoms with Crippen LogP contribution in [-0.2, 0) is 5.54 Å². The smallest absolute Gasteiger partial charge is 0.176 e. The predicted octanol–water partition coefficient (Wildman–Crippen LogP) is 2.74. The Morgan fingerprint density at radius 1 is 1.24 bits per heavy atom. The maximum atomic E-state index is 4.38. The van der Waals surface area contributed by atoms with Gasteiger partial charge in [0.15, 0.2) is 5.82 Å². The Balaban J connectivity index is 2.04. The molecular formula is C16H23N5. The molecule has 0 amide bonds. The molecule has 1 heterocycles. The van der Waals surface area contributed by atoms with Crippen LogP contribution in [0.5, 0.6) is 0 Å². The quantitative estimate of drug-likeness (QED) is 0.938. The van der Waals surface area contributed by atoms with Crippen LogP contribution in [0.15, 0.2) is 24.3 Å². The first kappa shape index (κ1) is 14.2. The highest BCUT2D eigenvalue weighted by atomic mass is 15.6. The molecular weight excluding hydrogens is 262 g/mol. The highest BCUT2D eigenvalue weighted by Crippen LogP contribution is 2.36. The van der Waals surface area contributed by atoms with E-state index in [9.17, 15) is 0 Å². The van der Waals surface area contributed by atoms with Gasteiger partial charge in [-0.3, -0.25) is 0 Å². The number of rotatable bonds is 4. The van der Waals surface area contributed by atoms with Crippen LogP contribution in [0.4, 0.5) is 0 Å². The van der Waals surface area contributed by atoms with Crippen molar-refractivity contribution in [1.29, 1.82) is 0 Å². The van der Waals surface area contributed by atoms with E-state index in [4.69, 9.17) is 0 Å². The van der Waals surface area contributed by atoms with E-state index in [1.165, 1.54) is 24.8 Å². The lowest BCUT2D eigenvalue weighted by Gasteiger charge is -2.36. The van der Waals surface area contributed by atoms with Crippen molar-refractivity contribution in [3.05, 3.63) is 35.7 Å². The van der Waals surface area contributed by atoms with Crippen LogP contribution in [0.3, 0.4) is 0 Å². The molecule has 1 fully saturated rings. The van der Waals surface area contributed by atoms with Crippen molar-refractivity contribution in [3.63, 3.8) is 0 Å². The molecule has 0 atom stereocenters. The zero-order valence-corrected chi connectivity index (χ0v) is 12.8. The molecule has 1 aromatic carbocycles. The Bertz CT molecular complexity index is 593. The van der Waals surface area contributed by atoms with Gasteiger partial charge in [0.25, 0.3) is 0 Å². The fraction of sp³-hybridized carbons (Fsp3) is 0.562. The zero-order valence-electron chi connectivity index (χ0n) is 12.8. The molecule has 112 valence electrons. The molecule has 5 nitrogen and oxygen atoms in total. The molecule has 0 radical (unpaired) electrons. The monoisotopic (exact) mass is 285 g/mol. The third-order valence-corrected chi connectivity index (χ3v) is 4.37. The Morgan fingerprint density at radius 3 is 2.76 bits per heavy atom. The molecule has 0 saturated heterocycles. The summed E-state index contributed by atoms with van der Waals surface area (Å²) >= 11 is 0. The second kappa shape index (κ2) is 5.93. The molecule has 2 aromatic rings. The maximum absolute atomic E-state index is 4.38. The third-order valence-electron chi connectivity index (χ3n) is 4.37. The normalized spacial score (nSPS) is 17.8. The van der Waals surface area contributed by atoms with Gasteiger partial charge in [-0.15, -0.1) is 5.10 Å². The number of hydrogen-bond acceptors (Lipinski definition) is 4.